The third-order valence-electron chi connectivity index (χ3n) is 3.71. The van der Waals surface area contributed by atoms with E-state index < -0.39 is 0 Å². The highest BCUT2D eigenvalue weighted by Crippen LogP contribution is 2.16. The van der Waals surface area contributed by atoms with Crippen LogP contribution in [0.3, 0.4) is 0 Å². The lowest BCUT2D eigenvalue weighted by atomic mass is 9.98. The van der Waals surface area contributed by atoms with Crippen LogP contribution >= 0.6 is 0 Å². The Kier molecular flexibility index (Phi) is 5.75. The Morgan fingerprint density at radius 3 is 2.41 bits per heavy atom. The van der Waals surface area contributed by atoms with Crippen molar-refractivity contribution in [2.45, 2.75) is 46.1 Å². The number of nitrogens with one attached hydrogen (secondary N) is 1. The second kappa shape index (κ2) is 6.84. The Morgan fingerprint density at radius 1 is 1.41 bits per heavy atom. The topological polar surface area (TPSA) is 52.6 Å². The second-order valence-corrected chi connectivity index (χ2v) is 5.32. The average Bonchev–Trinajstić information content (AvgIpc) is 2.35. The zero-order valence-electron chi connectivity index (χ0n) is 11.3. The van der Waals surface area contributed by atoms with Crippen LogP contribution in [-0.4, -0.2) is 41.8 Å². The molecule has 0 saturated carbocycles. The van der Waals surface area contributed by atoms with E-state index >= 15 is 0 Å². The summed E-state index contributed by atoms with van der Waals surface area (Å²) in [5, 5.41) is 12.1. The predicted octanol–water partition coefficient (Wildman–Crippen LogP) is 1.83. The summed E-state index contributed by atoms with van der Waals surface area (Å²) in [5.74, 6) is 0.852. The molecule has 0 aliphatic carbocycles. The summed E-state index contributed by atoms with van der Waals surface area (Å²) < 4.78 is 0. The van der Waals surface area contributed by atoms with Crippen molar-refractivity contribution in [1.82, 2.24) is 10.2 Å². The van der Waals surface area contributed by atoms with E-state index in [0.29, 0.717) is 11.8 Å². The van der Waals surface area contributed by atoms with Gasteiger partial charge in [-0.2, -0.15) is 0 Å². The lowest BCUT2D eigenvalue weighted by molar-refractivity contribution is 0.134. The Balaban J connectivity index is 2.38. The summed E-state index contributed by atoms with van der Waals surface area (Å²) in [7, 11) is 0. The average molecular weight is 242 g/mol. The first kappa shape index (κ1) is 14.3. The van der Waals surface area contributed by atoms with E-state index in [-0.39, 0.29) is 18.7 Å². The highest BCUT2D eigenvalue weighted by atomic mass is 16.3. The molecule has 1 aliphatic rings. The van der Waals surface area contributed by atoms with E-state index in [1.54, 1.807) is 0 Å². The quantitative estimate of drug-likeness (QED) is 0.790. The first-order valence-electron chi connectivity index (χ1n) is 6.74. The van der Waals surface area contributed by atoms with Crippen molar-refractivity contribution >= 4 is 6.03 Å². The van der Waals surface area contributed by atoms with Crippen molar-refractivity contribution < 1.29 is 9.90 Å². The molecule has 1 saturated heterocycles. The van der Waals surface area contributed by atoms with Crippen molar-refractivity contribution in [3.8, 4) is 0 Å². The van der Waals surface area contributed by atoms with Crippen LogP contribution in [-0.2, 0) is 0 Å². The first-order valence-corrected chi connectivity index (χ1v) is 6.74. The van der Waals surface area contributed by atoms with Gasteiger partial charge in [0, 0.05) is 25.7 Å². The van der Waals surface area contributed by atoms with Crippen LogP contribution in [0.15, 0.2) is 0 Å². The van der Waals surface area contributed by atoms with Crippen LogP contribution in [0.4, 0.5) is 4.79 Å². The van der Waals surface area contributed by atoms with Crippen LogP contribution < -0.4 is 5.32 Å². The number of carbonyl (C=O) groups is 1. The van der Waals surface area contributed by atoms with E-state index in [0.717, 1.165) is 32.4 Å². The van der Waals surface area contributed by atoms with Gasteiger partial charge in [0.1, 0.15) is 0 Å². The fraction of sp³-hybridized carbons (Fsp3) is 0.923. The van der Waals surface area contributed by atoms with Crippen LogP contribution in [0.25, 0.3) is 0 Å². The van der Waals surface area contributed by atoms with Crippen LogP contribution in [0, 0.1) is 11.8 Å². The monoisotopic (exact) mass is 242 g/mol. The molecule has 0 aromatic heterocycles. The molecule has 0 bridgehead atoms. The van der Waals surface area contributed by atoms with Crippen molar-refractivity contribution in [3.63, 3.8) is 0 Å². The zero-order chi connectivity index (χ0) is 12.8. The SMILES string of the molecule is CCC(NC(=O)N1CCC(CO)CC1)C(C)C. The predicted molar refractivity (Wildman–Crippen MR) is 68.8 cm³/mol. The van der Waals surface area contributed by atoms with E-state index in [4.69, 9.17) is 5.11 Å². The molecule has 1 aliphatic heterocycles. The minimum Gasteiger partial charge on any atom is -0.396 e. The maximum absolute atomic E-state index is 12.0. The molecule has 1 atom stereocenters. The van der Waals surface area contributed by atoms with Gasteiger partial charge in [0.15, 0.2) is 0 Å². The van der Waals surface area contributed by atoms with Gasteiger partial charge in [0.05, 0.1) is 0 Å². The van der Waals surface area contributed by atoms with Crippen LogP contribution in [0.2, 0.25) is 0 Å². The second-order valence-electron chi connectivity index (χ2n) is 5.32. The van der Waals surface area contributed by atoms with Crippen molar-refractivity contribution in [1.29, 1.82) is 0 Å². The van der Waals surface area contributed by atoms with Crippen LogP contribution in [0.1, 0.15) is 40.0 Å². The number of carbonyl (C=O) groups excluding carboxylic acids is 1. The van der Waals surface area contributed by atoms with Crippen LogP contribution in [0.5, 0.6) is 0 Å². The molecule has 0 aromatic carbocycles. The number of rotatable bonds is 4. The summed E-state index contributed by atoms with van der Waals surface area (Å²) in [6.45, 7) is 8.15. The number of hydrogen-bond donors (Lipinski definition) is 2. The Hall–Kier alpha value is -0.770. The highest BCUT2D eigenvalue weighted by Gasteiger charge is 2.24. The largest absolute Gasteiger partial charge is 0.396 e. The molecule has 2 N–H and O–H groups in total. The number of urea groups is 1. The first-order chi connectivity index (χ1) is 8.08. The number of hydrogen-bond acceptors (Lipinski definition) is 2. The summed E-state index contributed by atoms with van der Waals surface area (Å²) in [6, 6.07) is 0.319. The number of amides is 2. The minimum absolute atomic E-state index is 0.0574. The van der Waals surface area contributed by atoms with E-state index in [1.165, 1.54) is 0 Å². The molecular formula is C13H26N2O2. The lowest BCUT2D eigenvalue weighted by Crippen LogP contribution is -2.49. The molecule has 1 rings (SSSR count). The molecule has 2 amide bonds. The minimum atomic E-state index is 0.0574. The van der Waals surface area contributed by atoms with Gasteiger partial charge in [-0.05, 0) is 31.1 Å². The maximum Gasteiger partial charge on any atom is 0.317 e. The molecule has 0 spiro atoms. The molecule has 4 nitrogen and oxygen atoms in total. The van der Waals surface area contributed by atoms with Gasteiger partial charge in [-0.1, -0.05) is 20.8 Å². The molecule has 0 aromatic rings. The molecule has 100 valence electrons. The van der Waals surface area contributed by atoms with Gasteiger partial charge in [-0.25, -0.2) is 4.79 Å². The summed E-state index contributed by atoms with van der Waals surface area (Å²) in [5.41, 5.74) is 0. The molecule has 1 heterocycles. The Bertz CT molecular complexity index is 236. The molecule has 0 radical (unpaired) electrons. The van der Waals surface area contributed by atoms with Gasteiger partial charge >= 0.3 is 6.03 Å². The van der Waals surface area contributed by atoms with Crippen molar-refractivity contribution in [2.24, 2.45) is 11.8 Å². The molecule has 1 unspecified atom stereocenters. The van der Waals surface area contributed by atoms with E-state index in [9.17, 15) is 4.79 Å². The standard InChI is InChI=1S/C13H26N2O2/c1-4-12(10(2)3)14-13(17)15-7-5-11(9-16)6-8-15/h10-12,16H,4-9H2,1-3H3,(H,14,17). The smallest absolute Gasteiger partial charge is 0.317 e. The van der Waals surface area contributed by atoms with Gasteiger partial charge < -0.3 is 15.3 Å². The third kappa shape index (κ3) is 4.19. The summed E-state index contributed by atoms with van der Waals surface area (Å²) in [4.78, 5) is 13.9. The van der Waals surface area contributed by atoms with E-state index in [2.05, 4.69) is 26.1 Å². The van der Waals surface area contributed by atoms with Gasteiger partial charge in [-0.15, -0.1) is 0 Å². The van der Waals surface area contributed by atoms with Crippen molar-refractivity contribution in [2.75, 3.05) is 19.7 Å². The summed E-state index contributed by atoms with van der Waals surface area (Å²) in [6.07, 6.45) is 2.81. The molecule has 1 fully saturated rings. The van der Waals surface area contributed by atoms with Crippen molar-refractivity contribution in [3.05, 3.63) is 0 Å². The normalized spacial score (nSPS) is 19.5. The zero-order valence-corrected chi connectivity index (χ0v) is 11.3. The number of aliphatic hydroxyl groups is 1. The molecular weight excluding hydrogens is 216 g/mol. The van der Waals surface area contributed by atoms with Gasteiger partial charge in [0.25, 0.3) is 0 Å². The lowest BCUT2D eigenvalue weighted by Gasteiger charge is -2.33. The van der Waals surface area contributed by atoms with Gasteiger partial charge in [0.2, 0.25) is 0 Å². The molecule has 17 heavy (non-hydrogen) atoms. The number of likely N-dealkylation sites (tertiary alicyclic amines) is 1. The summed E-state index contributed by atoms with van der Waals surface area (Å²) >= 11 is 0. The Labute approximate surface area is 104 Å². The molecule has 4 heteroatoms. The highest BCUT2D eigenvalue weighted by molar-refractivity contribution is 5.74. The third-order valence-corrected chi connectivity index (χ3v) is 3.71. The van der Waals surface area contributed by atoms with Gasteiger partial charge in [-0.3, -0.25) is 0 Å². The fourth-order valence-electron chi connectivity index (χ4n) is 2.31. The number of aliphatic hydroxyl groups excluding tert-OH is 1. The maximum atomic E-state index is 12.0. The number of nitrogens with zero attached hydrogens (tertiary/aromatic N) is 1. The fourth-order valence-corrected chi connectivity index (χ4v) is 2.31. The Morgan fingerprint density at radius 2 is 2.00 bits per heavy atom. The van der Waals surface area contributed by atoms with E-state index in [1.807, 2.05) is 4.90 Å². The number of piperidine rings is 1.